The van der Waals surface area contributed by atoms with Gasteiger partial charge in [0, 0.05) is 18.6 Å². The van der Waals surface area contributed by atoms with Crippen molar-refractivity contribution in [1.29, 1.82) is 0 Å². The standard InChI is InChI=1S/C17H30N4O2S/c1-5-18-16(20-14-17(2,3)21-24(4,22)23)19-13-9-12-15-10-7-6-8-11-15/h6-8,10-11,21H,5,9,12-14H2,1-4H3,(H2,18,19,20). The molecule has 0 bridgehead atoms. The lowest BCUT2D eigenvalue weighted by molar-refractivity contribution is 0.464. The number of guanidine groups is 1. The number of aryl methyl sites for hydroxylation is 1. The number of benzene rings is 1. The second-order valence-corrected chi connectivity index (χ2v) is 8.22. The molecule has 0 saturated carbocycles. The Morgan fingerprint density at radius 1 is 1.17 bits per heavy atom. The average molecular weight is 355 g/mol. The quantitative estimate of drug-likeness (QED) is 0.357. The maximum absolute atomic E-state index is 11.4. The molecular weight excluding hydrogens is 324 g/mol. The van der Waals surface area contributed by atoms with Crippen molar-refractivity contribution in [3.8, 4) is 0 Å². The fourth-order valence-electron chi connectivity index (χ4n) is 2.30. The van der Waals surface area contributed by atoms with Gasteiger partial charge in [0.25, 0.3) is 0 Å². The van der Waals surface area contributed by atoms with Gasteiger partial charge in [-0.2, -0.15) is 0 Å². The third kappa shape index (κ3) is 9.52. The number of hydrogen-bond donors (Lipinski definition) is 3. The highest BCUT2D eigenvalue weighted by Crippen LogP contribution is 2.04. The number of rotatable bonds is 9. The smallest absolute Gasteiger partial charge is 0.209 e. The van der Waals surface area contributed by atoms with Gasteiger partial charge in [0.2, 0.25) is 10.0 Å². The molecule has 0 aliphatic heterocycles. The normalized spacial score (nSPS) is 12.9. The van der Waals surface area contributed by atoms with Gasteiger partial charge < -0.3 is 10.6 Å². The molecule has 0 radical (unpaired) electrons. The van der Waals surface area contributed by atoms with Gasteiger partial charge in [-0.3, -0.25) is 4.99 Å². The highest BCUT2D eigenvalue weighted by Gasteiger charge is 2.21. The first-order chi connectivity index (χ1) is 11.2. The fourth-order valence-corrected chi connectivity index (χ4v) is 3.36. The monoisotopic (exact) mass is 354 g/mol. The van der Waals surface area contributed by atoms with Crippen LogP contribution < -0.4 is 15.4 Å². The van der Waals surface area contributed by atoms with Gasteiger partial charge in [-0.25, -0.2) is 13.1 Å². The van der Waals surface area contributed by atoms with Crippen molar-refractivity contribution in [2.45, 2.75) is 39.2 Å². The maximum atomic E-state index is 11.4. The molecule has 1 aromatic rings. The van der Waals surface area contributed by atoms with E-state index in [0.717, 1.165) is 32.2 Å². The molecule has 0 unspecified atom stereocenters. The van der Waals surface area contributed by atoms with E-state index < -0.39 is 15.6 Å². The van der Waals surface area contributed by atoms with E-state index in [0.29, 0.717) is 12.5 Å². The van der Waals surface area contributed by atoms with Crippen LogP contribution in [-0.2, 0) is 16.4 Å². The van der Waals surface area contributed by atoms with E-state index in [4.69, 9.17) is 0 Å². The topological polar surface area (TPSA) is 82.6 Å². The van der Waals surface area contributed by atoms with Crippen LogP contribution in [0.1, 0.15) is 32.8 Å². The Bertz CT molecular complexity index is 613. The van der Waals surface area contributed by atoms with Crippen molar-refractivity contribution in [1.82, 2.24) is 15.4 Å². The van der Waals surface area contributed by atoms with Gasteiger partial charge >= 0.3 is 0 Å². The summed E-state index contributed by atoms with van der Waals surface area (Å²) in [5, 5.41) is 6.47. The third-order valence-corrected chi connectivity index (χ3v) is 4.14. The summed E-state index contributed by atoms with van der Waals surface area (Å²) >= 11 is 0. The van der Waals surface area contributed by atoms with Crippen LogP contribution in [0.4, 0.5) is 0 Å². The molecule has 0 heterocycles. The van der Waals surface area contributed by atoms with Crippen molar-refractivity contribution < 1.29 is 8.42 Å². The molecule has 0 fully saturated rings. The minimum Gasteiger partial charge on any atom is -0.357 e. The first-order valence-corrected chi connectivity index (χ1v) is 10.2. The molecule has 0 saturated heterocycles. The molecular formula is C17H30N4O2S. The molecule has 0 aliphatic rings. The van der Waals surface area contributed by atoms with Crippen LogP contribution in [0.15, 0.2) is 35.3 Å². The average Bonchev–Trinajstić information content (AvgIpc) is 2.48. The van der Waals surface area contributed by atoms with E-state index in [1.165, 1.54) is 5.56 Å². The van der Waals surface area contributed by atoms with Crippen LogP contribution in [0.2, 0.25) is 0 Å². The first-order valence-electron chi connectivity index (χ1n) is 8.27. The SMILES string of the molecule is CCNC(=NCC(C)(C)NS(C)(=O)=O)NCCCc1ccccc1. The molecule has 1 aromatic carbocycles. The third-order valence-electron chi connectivity index (χ3n) is 3.22. The fraction of sp³-hybridized carbons (Fsp3) is 0.588. The van der Waals surface area contributed by atoms with E-state index in [2.05, 4.69) is 32.5 Å². The van der Waals surface area contributed by atoms with Crippen molar-refractivity contribution in [2.75, 3.05) is 25.9 Å². The van der Waals surface area contributed by atoms with Crippen LogP contribution in [-0.4, -0.2) is 45.8 Å². The predicted octanol–water partition coefficient (Wildman–Crippen LogP) is 1.50. The lowest BCUT2D eigenvalue weighted by Gasteiger charge is -2.23. The van der Waals surface area contributed by atoms with Crippen molar-refractivity contribution in [3.63, 3.8) is 0 Å². The van der Waals surface area contributed by atoms with E-state index >= 15 is 0 Å². The van der Waals surface area contributed by atoms with E-state index in [1.807, 2.05) is 39.0 Å². The Labute approximate surface area is 146 Å². The lowest BCUT2D eigenvalue weighted by atomic mass is 10.1. The Morgan fingerprint density at radius 2 is 1.83 bits per heavy atom. The summed E-state index contributed by atoms with van der Waals surface area (Å²) in [6, 6.07) is 10.4. The van der Waals surface area contributed by atoms with Gasteiger partial charge in [-0.1, -0.05) is 30.3 Å². The maximum Gasteiger partial charge on any atom is 0.209 e. The van der Waals surface area contributed by atoms with E-state index in [-0.39, 0.29) is 0 Å². The highest BCUT2D eigenvalue weighted by molar-refractivity contribution is 7.88. The Kier molecular flexibility index (Phi) is 8.21. The molecule has 0 spiro atoms. The van der Waals surface area contributed by atoms with Gasteiger partial charge in [-0.05, 0) is 39.2 Å². The molecule has 136 valence electrons. The second kappa shape index (κ2) is 9.64. The summed E-state index contributed by atoms with van der Waals surface area (Å²) in [5.41, 5.74) is 0.694. The largest absolute Gasteiger partial charge is 0.357 e. The van der Waals surface area contributed by atoms with Crippen LogP contribution in [0.3, 0.4) is 0 Å². The lowest BCUT2D eigenvalue weighted by Crippen LogP contribution is -2.46. The highest BCUT2D eigenvalue weighted by atomic mass is 32.2. The van der Waals surface area contributed by atoms with Gasteiger partial charge in [0.15, 0.2) is 5.96 Å². The van der Waals surface area contributed by atoms with Crippen molar-refractivity contribution in [3.05, 3.63) is 35.9 Å². The van der Waals surface area contributed by atoms with E-state index in [9.17, 15) is 8.42 Å². The number of aliphatic imine (C=N–C) groups is 1. The Hall–Kier alpha value is -1.60. The molecule has 0 aliphatic carbocycles. The van der Waals surface area contributed by atoms with Gasteiger partial charge in [0.1, 0.15) is 0 Å². The number of sulfonamides is 1. The van der Waals surface area contributed by atoms with Gasteiger partial charge in [-0.15, -0.1) is 0 Å². The zero-order valence-electron chi connectivity index (χ0n) is 15.1. The Morgan fingerprint density at radius 3 is 2.42 bits per heavy atom. The number of nitrogens with zero attached hydrogens (tertiary/aromatic N) is 1. The van der Waals surface area contributed by atoms with Crippen LogP contribution in [0, 0.1) is 0 Å². The molecule has 1 rings (SSSR count). The van der Waals surface area contributed by atoms with Crippen LogP contribution in [0.5, 0.6) is 0 Å². The zero-order chi connectivity index (χ0) is 18.1. The van der Waals surface area contributed by atoms with E-state index in [1.54, 1.807) is 0 Å². The first kappa shape index (κ1) is 20.4. The van der Waals surface area contributed by atoms with Gasteiger partial charge in [0.05, 0.1) is 12.8 Å². The number of nitrogens with one attached hydrogen (secondary N) is 3. The summed E-state index contributed by atoms with van der Waals surface area (Å²) < 4.78 is 25.3. The molecule has 0 aromatic heterocycles. The predicted molar refractivity (Wildman–Crippen MR) is 101 cm³/mol. The summed E-state index contributed by atoms with van der Waals surface area (Å²) in [5.74, 6) is 0.703. The zero-order valence-corrected chi connectivity index (χ0v) is 15.9. The summed E-state index contributed by atoms with van der Waals surface area (Å²) in [7, 11) is -3.25. The van der Waals surface area contributed by atoms with Crippen molar-refractivity contribution in [2.24, 2.45) is 4.99 Å². The second-order valence-electron chi connectivity index (χ2n) is 6.47. The van der Waals surface area contributed by atoms with Crippen LogP contribution >= 0.6 is 0 Å². The molecule has 6 nitrogen and oxygen atoms in total. The molecule has 3 N–H and O–H groups in total. The molecule has 7 heteroatoms. The summed E-state index contributed by atoms with van der Waals surface area (Å²) in [6.07, 6.45) is 3.17. The summed E-state index contributed by atoms with van der Waals surface area (Å²) in [4.78, 5) is 4.48. The number of hydrogen-bond acceptors (Lipinski definition) is 3. The molecule has 0 amide bonds. The minimum atomic E-state index is -3.25. The molecule has 24 heavy (non-hydrogen) atoms. The minimum absolute atomic E-state index is 0.355. The Balaban J connectivity index is 2.47. The van der Waals surface area contributed by atoms with Crippen LogP contribution in [0.25, 0.3) is 0 Å². The van der Waals surface area contributed by atoms with Crippen molar-refractivity contribution >= 4 is 16.0 Å². The summed E-state index contributed by atoms with van der Waals surface area (Å²) in [6.45, 7) is 7.55. The molecule has 0 atom stereocenters.